The van der Waals surface area contributed by atoms with Crippen LogP contribution >= 0.6 is 0 Å². The lowest BCUT2D eigenvalue weighted by atomic mass is 9.88. The zero-order valence-corrected chi connectivity index (χ0v) is 10.7. The number of rotatable bonds is 5. The molecule has 0 amide bonds. The van der Waals surface area contributed by atoms with E-state index in [9.17, 15) is 13.6 Å². The summed E-state index contributed by atoms with van der Waals surface area (Å²) in [6.07, 6.45) is 0.711. The summed E-state index contributed by atoms with van der Waals surface area (Å²) in [5, 5.41) is 2.87. The van der Waals surface area contributed by atoms with Crippen molar-refractivity contribution in [2.45, 2.75) is 44.6 Å². The second-order valence-electron chi connectivity index (χ2n) is 4.91. The van der Waals surface area contributed by atoms with Gasteiger partial charge in [-0.25, -0.2) is 13.8 Å². The van der Waals surface area contributed by atoms with E-state index in [0.29, 0.717) is 23.6 Å². The number of carbonyl (C=O) groups excluding carboxylic acids is 1. The van der Waals surface area contributed by atoms with Crippen molar-refractivity contribution in [3.8, 4) is 0 Å². The molecular formula is C13H17F2N3O. The third-order valence-corrected chi connectivity index (χ3v) is 3.12. The molecule has 1 aliphatic carbocycles. The second-order valence-corrected chi connectivity index (χ2v) is 4.91. The number of alkyl halides is 2. The Kier molecular flexibility index (Phi) is 3.68. The number of hydrogen-bond donors (Lipinski definition) is 2. The Morgan fingerprint density at radius 2 is 2.21 bits per heavy atom. The highest BCUT2D eigenvalue weighted by Gasteiger charge is 2.45. The van der Waals surface area contributed by atoms with Crippen LogP contribution in [0.1, 0.15) is 43.1 Å². The molecule has 3 N–H and O–H groups in total. The van der Waals surface area contributed by atoms with E-state index >= 15 is 0 Å². The van der Waals surface area contributed by atoms with Crippen molar-refractivity contribution in [3.63, 3.8) is 0 Å². The molecule has 1 aliphatic rings. The van der Waals surface area contributed by atoms with Crippen LogP contribution in [0.15, 0.2) is 12.1 Å². The van der Waals surface area contributed by atoms with Crippen LogP contribution in [0, 0.1) is 0 Å². The Morgan fingerprint density at radius 3 is 2.79 bits per heavy atom. The minimum absolute atomic E-state index is 0.0653. The van der Waals surface area contributed by atoms with E-state index in [4.69, 9.17) is 5.73 Å². The molecule has 1 fully saturated rings. The summed E-state index contributed by atoms with van der Waals surface area (Å²) in [6.45, 7) is 1.91. The number of hydrogen-bond acceptors (Lipinski definition) is 4. The number of Topliss-reactive ketones (excluding diaryl/α,β-unsaturated/α-hetero) is 1. The first-order valence-electron chi connectivity index (χ1n) is 6.35. The number of carbonyl (C=O) groups is 1. The first kappa shape index (κ1) is 13.7. The smallest absolute Gasteiger partial charge is 0.252 e. The minimum atomic E-state index is -2.60. The Bertz CT molecular complexity index is 483. The van der Waals surface area contributed by atoms with Crippen molar-refractivity contribution < 1.29 is 13.6 Å². The van der Waals surface area contributed by atoms with Gasteiger partial charge in [0.15, 0.2) is 5.78 Å². The lowest BCUT2D eigenvalue weighted by Gasteiger charge is -2.35. The lowest BCUT2D eigenvalue weighted by molar-refractivity contribution is -0.0794. The average molecular weight is 269 g/mol. The van der Waals surface area contributed by atoms with Gasteiger partial charge in [-0.2, -0.15) is 0 Å². The van der Waals surface area contributed by atoms with Crippen molar-refractivity contribution in [1.29, 1.82) is 0 Å². The molecule has 0 aliphatic heterocycles. The van der Waals surface area contributed by atoms with Crippen molar-refractivity contribution in [2.24, 2.45) is 0 Å². The van der Waals surface area contributed by atoms with Gasteiger partial charge in [-0.1, -0.05) is 6.92 Å². The van der Waals surface area contributed by atoms with Crippen LogP contribution in [0.5, 0.6) is 0 Å². The number of halogens is 2. The van der Waals surface area contributed by atoms with Crippen LogP contribution in [0.4, 0.5) is 20.3 Å². The highest BCUT2D eigenvalue weighted by atomic mass is 19.3. The third kappa shape index (κ3) is 3.19. The van der Waals surface area contributed by atoms with Gasteiger partial charge in [0.1, 0.15) is 11.5 Å². The molecule has 2 rings (SSSR count). The first-order valence-corrected chi connectivity index (χ1v) is 6.35. The average Bonchev–Trinajstić information content (AvgIpc) is 2.29. The van der Waals surface area contributed by atoms with Gasteiger partial charge in [0.2, 0.25) is 0 Å². The molecule has 0 saturated heterocycles. The maximum absolute atomic E-state index is 12.8. The van der Waals surface area contributed by atoms with E-state index in [1.165, 1.54) is 0 Å². The number of aromatic nitrogens is 1. The molecule has 0 atom stereocenters. The predicted octanol–water partition coefficient (Wildman–Crippen LogP) is 2.86. The van der Waals surface area contributed by atoms with Crippen LogP contribution < -0.4 is 11.1 Å². The second kappa shape index (κ2) is 5.11. The van der Waals surface area contributed by atoms with E-state index in [1.54, 1.807) is 12.1 Å². The molecule has 0 aromatic carbocycles. The predicted molar refractivity (Wildman–Crippen MR) is 69.5 cm³/mol. The molecule has 19 heavy (non-hydrogen) atoms. The van der Waals surface area contributed by atoms with E-state index < -0.39 is 5.92 Å². The molecule has 0 bridgehead atoms. The summed E-state index contributed by atoms with van der Waals surface area (Å²) >= 11 is 0. The Labute approximate surface area is 110 Å². The first-order chi connectivity index (χ1) is 8.91. The highest BCUT2D eigenvalue weighted by molar-refractivity contribution is 5.95. The number of nitrogens with one attached hydrogen (secondary N) is 1. The topological polar surface area (TPSA) is 68.0 Å². The Balaban J connectivity index is 2.07. The fourth-order valence-electron chi connectivity index (χ4n) is 2.05. The van der Waals surface area contributed by atoms with Gasteiger partial charge in [0.25, 0.3) is 5.92 Å². The molecule has 1 saturated carbocycles. The van der Waals surface area contributed by atoms with E-state index in [0.717, 1.165) is 6.42 Å². The molecule has 4 nitrogen and oxygen atoms in total. The molecule has 6 heteroatoms. The quantitative estimate of drug-likeness (QED) is 0.806. The summed E-state index contributed by atoms with van der Waals surface area (Å²) in [5.74, 6) is -2.34. The van der Waals surface area contributed by atoms with Crippen LogP contribution in [-0.4, -0.2) is 22.7 Å². The molecule has 1 aromatic heterocycles. The normalized spacial score (nSPS) is 17.8. The van der Waals surface area contributed by atoms with Crippen molar-refractivity contribution >= 4 is 17.3 Å². The van der Waals surface area contributed by atoms with Gasteiger partial charge in [-0.15, -0.1) is 0 Å². The lowest BCUT2D eigenvalue weighted by Crippen LogP contribution is -2.44. The number of ketones is 1. The zero-order valence-electron chi connectivity index (χ0n) is 10.7. The van der Waals surface area contributed by atoms with Crippen LogP contribution in [0.2, 0.25) is 0 Å². The zero-order chi connectivity index (χ0) is 14.0. The molecule has 0 radical (unpaired) electrons. The highest BCUT2D eigenvalue weighted by Crippen LogP contribution is 2.39. The number of nitrogens with zero attached hydrogens (tertiary/aromatic N) is 1. The number of pyridine rings is 1. The SMILES string of the molecule is CCCC(=O)c1ccc(N)c(NC2CC(F)(F)C2)n1. The van der Waals surface area contributed by atoms with E-state index in [2.05, 4.69) is 10.3 Å². The van der Waals surface area contributed by atoms with Gasteiger partial charge in [-0.05, 0) is 18.6 Å². The summed E-state index contributed by atoms with van der Waals surface area (Å²) in [6, 6.07) is 2.81. The monoisotopic (exact) mass is 269 g/mol. The molecule has 1 heterocycles. The van der Waals surface area contributed by atoms with Gasteiger partial charge >= 0.3 is 0 Å². The number of nitrogens with two attached hydrogens (primary N) is 1. The molecule has 1 aromatic rings. The summed E-state index contributed by atoms with van der Waals surface area (Å²) in [7, 11) is 0. The van der Waals surface area contributed by atoms with Crippen molar-refractivity contribution in [3.05, 3.63) is 17.8 Å². The maximum atomic E-state index is 12.8. The summed E-state index contributed by atoms with van der Waals surface area (Å²) in [5.41, 5.74) is 6.42. The largest absolute Gasteiger partial charge is 0.396 e. The van der Waals surface area contributed by atoms with E-state index in [-0.39, 0.29) is 24.7 Å². The molecular weight excluding hydrogens is 252 g/mol. The summed E-state index contributed by atoms with van der Waals surface area (Å²) < 4.78 is 25.5. The van der Waals surface area contributed by atoms with Gasteiger partial charge in [0.05, 0.1) is 5.69 Å². The van der Waals surface area contributed by atoms with Crippen molar-refractivity contribution in [1.82, 2.24) is 4.98 Å². The van der Waals surface area contributed by atoms with E-state index in [1.807, 2.05) is 6.92 Å². The molecule has 104 valence electrons. The third-order valence-electron chi connectivity index (χ3n) is 3.12. The Hall–Kier alpha value is -1.72. The van der Waals surface area contributed by atoms with Crippen LogP contribution in [-0.2, 0) is 0 Å². The summed E-state index contributed by atoms with van der Waals surface area (Å²) in [4.78, 5) is 15.9. The van der Waals surface area contributed by atoms with Gasteiger partial charge in [0, 0.05) is 25.3 Å². The van der Waals surface area contributed by atoms with Gasteiger partial charge in [-0.3, -0.25) is 4.79 Å². The van der Waals surface area contributed by atoms with Crippen LogP contribution in [0.25, 0.3) is 0 Å². The fourth-order valence-corrected chi connectivity index (χ4v) is 2.05. The number of nitrogen functional groups attached to an aromatic ring is 1. The minimum Gasteiger partial charge on any atom is -0.396 e. The van der Waals surface area contributed by atoms with Crippen molar-refractivity contribution in [2.75, 3.05) is 11.1 Å². The fraction of sp³-hybridized carbons (Fsp3) is 0.538. The molecule has 0 spiro atoms. The maximum Gasteiger partial charge on any atom is 0.252 e. The number of anilines is 2. The Morgan fingerprint density at radius 1 is 1.53 bits per heavy atom. The standard InChI is InChI=1S/C13H17F2N3O/c1-2-3-11(19)10-5-4-9(16)12(18-10)17-8-6-13(14,15)7-8/h4-5,8H,2-3,6-7,16H2,1H3,(H,17,18). The van der Waals surface area contributed by atoms with Crippen LogP contribution in [0.3, 0.4) is 0 Å². The molecule has 0 unspecified atom stereocenters. The van der Waals surface area contributed by atoms with Gasteiger partial charge < -0.3 is 11.1 Å².